The number of benzene rings is 2. The highest BCUT2D eigenvalue weighted by atomic mass is 16.3. The molecule has 0 fully saturated rings. The van der Waals surface area contributed by atoms with Crippen molar-refractivity contribution in [1.29, 1.82) is 0 Å². The van der Waals surface area contributed by atoms with E-state index in [1.807, 2.05) is 24.3 Å². The Kier molecular flexibility index (Phi) is 2.92. The molecule has 0 aliphatic carbocycles. The maximum Gasteiger partial charge on any atom is 0.233 e. The van der Waals surface area contributed by atoms with E-state index in [4.69, 9.17) is 21.6 Å². The first kappa shape index (κ1) is 13.5. The number of anilines is 2. The van der Waals surface area contributed by atoms with E-state index in [0.717, 1.165) is 21.9 Å². The van der Waals surface area contributed by atoms with Crippen LogP contribution in [0.5, 0.6) is 0 Å². The summed E-state index contributed by atoms with van der Waals surface area (Å²) in [6.07, 6.45) is 1.56. The van der Waals surface area contributed by atoms with Gasteiger partial charge in [0.1, 0.15) is 5.82 Å². The molecule has 114 valence electrons. The van der Waals surface area contributed by atoms with Gasteiger partial charge in [0.2, 0.25) is 11.7 Å². The van der Waals surface area contributed by atoms with Gasteiger partial charge in [-0.15, -0.1) is 0 Å². The molecule has 6 heteroatoms. The summed E-state index contributed by atoms with van der Waals surface area (Å²) in [7, 11) is 0. The maximum absolute atomic E-state index is 6.42. The summed E-state index contributed by atoms with van der Waals surface area (Å²) in [5.41, 5.74) is 20.0. The number of furan rings is 1. The molecule has 0 radical (unpaired) electrons. The van der Waals surface area contributed by atoms with E-state index in [9.17, 15) is 0 Å². The van der Waals surface area contributed by atoms with Gasteiger partial charge < -0.3 is 21.6 Å². The first-order valence-electron chi connectivity index (χ1n) is 7.18. The molecule has 0 aliphatic rings. The fourth-order valence-electron chi connectivity index (χ4n) is 2.82. The second kappa shape index (κ2) is 4.96. The average Bonchev–Trinajstić information content (AvgIpc) is 2.97. The van der Waals surface area contributed by atoms with E-state index in [2.05, 4.69) is 28.2 Å². The smallest absolute Gasteiger partial charge is 0.233 e. The minimum absolute atomic E-state index is 0.0789. The van der Waals surface area contributed by atoms with Gasteiger partial charge in [0, 0.05) is 5.56 Å². The Morgan fingerprint density at radius 1 is 0.957 bits per heavy atom. The number of hydrogen-bond acceptors (Lipinski definition) is 6. The van der Waals surface area contributed by atoms with Crippen LogP contribution in [0.4, 0.5) is 11.8 Å². The third-order valence-corrected chi connectivity index (χ3v) is 3.97. The Labute approximate surface area is 131 Å². The monoisotopic (exact) mass is 305 g/mol. The third kappa shape index (κ3) is 2.16. The standard InChI is InChI=1S/C17H15N5O/c18-14(11-6-5-9-3-1-2-4-10(9)7-11)12-8-23-16-13(12)15(19)21-17(20)22-16/h1-8,14H,18H2,(H4,19,20,21,22). The van der Waals surface area contributed by atoms with E-state index in [1.54, 1.807) is 6.26 Å². The van der Waals surface area contributed by atoms with Crippen molar-refractivity contribution >= 4 is 33.6 Å². The largest absolute Gasteiger partial charge is 0.446 e. The van der Waals surface area contributed by atoms with Crippen LogP contribution in [0.2, 0.25) is 0 Å². The second-order valence-corrected chi connectivity index (χ2v) is 5.42. The zero-order chi connectivity index (χ0) is 16.0. The second-order valence-electron chi connectivity index (χ2n) is 5.42. The van der Waals surface area contributed by atoms with Crippen LogP contribution in [0.25, 0.3) is 21.9 Å². The molecule has 0 saturated heterocycles. The van der Waals surface area contributed by atoms with Crippen LogP contribution in [0, 0.1) is 0 Å². The number of nitrogen functional groups attached to an aromatic ring is 2. The predicted molar refractivity (Wildman–Crippen MR) is 90.6 cm³/mol. The van der Waals surface area contributed by atoms with Gasteiger partial charge in [-0.25, -0.2) is 0 Å². The van der Waals surface area contributed by atoms with Gasteiger partial charge in [0.15, 0.2) is 0 Å². The van der Waals surface area contributed by atoms with Crippen LogP contribution in [-0.4, -0.2) is 9.97 Å². The Morgan fingerprint density at radius 3 is 2.57 bits per heavy atom. The Hall–Kier alpha value is -3.12. The molecule has 2 aromatic heterocycles. The molecule has 0 spiro atoms. The van der Waals surface area contributed by atoms with Crippen molar-refractivity contribution in [3.63, 3.8) is 0 Å². The van der Waals surface area contributed by atoms with Crippen molar-refractivity contribution in [2.75, 3.05) is 11.5 Å². The molecule has 6 N–H and O–H groups in total. The van der Waals surface area contributed by atoms with E-state index >= 15 is 0 Å². The lowest BCUT2D eigenvalue weighted by Crippen LogP contribution is -2.12. The molecule has 6 nitrogen and oxygen atoms in total. The van der Waals surface area contributed by atoms with Crippen molar-refractivity contribution in [3.05, 3.63) is 59.9 Å². The van der Waals surface area contributed by atoms with Gasteiger partial charge in [-0.05, 0) is 22.4 Å². The van der Waals surface area contributed by atoms with Crippen LogP contribution in [0.1, 0.15) is 17.2 Å². The number of fused-ring (bicyclic) bond motifs is 2. The highest BCUT2D eigenvalue weighted by Gasteiger charge is 2.19. The first-order chi connectivity index (χ1) is 11.1. The number of hydrogen-bond donors (Lipinski definition) is 3. The molecule has 0 aliphatic heterocycles. The molecule has 0 saturated carbocycles. The van der Waals surface area contributed by atoms with E-state index in [1.165, 1.54) is 0 Å². The lowest BCUT2D eigenvalue weighted by Gasteiger charge is -2.12. The number of rotatable bonds is 2. The molecule has 4 rings (SSSR count). The number of nitrogens with two attached hydrogens (primary N) is 3. The van der Waals surface area contributed by atoms with Crippen LogP contribution in [0.15, 0.2) is 53.1 Å². The van der Waals surface area contributed by atoms with Crippen LogP contribution in [0.3, 0.4) is 0 Å². The minimum Gasteiger partial charge on any atom is -0.446 e. The molecular formula is C17H15N5O. The molecule has 2 aromatic carbocycles. The zero-order valence-corrected chi connectivity index (χ0v) is 12.2. The van der Waals surface area contributed by atoms with Gasteiger partial charge >= 0.3 is 0 Å². The number of nitrogens with zero attached hydrogens (tertiary/aromatic N) is 2. The van der Waals surface area contributed by atoms with Crippen molar-refractivity contribution in [2.24, 2.45) is 5.73 Å². The summed E-state index contributed by atoms with van der Waals surface area (Å²) >= 11 is 0. The molecule has 0 bridgehead atoms. The molecule has 1 atom stereocenters. The minimum atomic E-state index is -0.393. The molecule has 2 heterocycles. The summed E-state index contributed by atoms with van der Waals surface area (Å²) in [4.78, 5) is 8.04. The fourth-order valence-corrected chi connectivity index (χ4v) is 2.82. The third-order valence-electron chi connectivity index (χ3n) is 3.97. The maximum atomic E-state index is 6.42. The lowest BCUT2D eigenvalue weighted by atomic mass is 9.97. The van der Waals surface area contributed by atoms with Crippen molar-refractivity contribution < 1.29 is 4.42 Å². The normalized spacial score (nSPS) is 12.7. The quantitative estimate of drug-likeness (QED) is 0.524. The van der Waals surface area contributed by atoms with Gasteiger partial charge in [-0.2, -0.15) is 9.97 Å². The van der Waals surface area contributed by atoms with Crippen molar-refractivity contribution in [3.8, 4) is 0 Å². The Balaban J connectivity index is 1.86. The molecule has 4 aromatic rings. The number of aromatic nitrogens is 2. The van der Waals surface area contributed by atoms with Crippen molar-refractivity contribution in [1.82, 2.24) is 9.97 Å². The summed E-state index contributed by atoms with van der Waals surface area (Å²) in [6, 6.07) is 13.8. The Bertz CT molecular complexity index is 1020. The molecule has 1 unspecified atom stereocenters. The van der Waals surface area contributed by atoms with Crippen molar-refractivity contribution in [2.45, 2.75) is 6.04 Å². The first-order valence-corrected chi connectivity index (χ1v) is 7.18. The predicted octanol–water partition coefficient (Wildman–Crippen LogP) is 2.59. The van der Waals surface area contributed by atoms with Gasteiger partial charge in [-0.1, -0.05) is 36.4 Å². The van der Waals surface area contributed by atoms with Gasteiger partial charge in [-0.3, -0.25) is 0 Å². The summed E-state index contributed by atoms with van der Waals surface area (Å²) in [6.45, 7) is 0. The van der Waals surface area contributed by atoms with Crippen LogP contribution >= 0.6 is 0 Å². The highest BCUT2D eigenvalue weighted by Crippen LogP contribution is 2.32. The summed E-state index contributed by atoms with van der Waals surface area (Å²) in [5.74, 6) is 0.350. The molecule has 23 heavy (non-hydrogen) atoms. The lowest BCUT2D eigenvalue weighted by molar-refractivity contribution is 0.595. The van der Waals surface area contributed by atoms with Gasteiger partial charge in [0.25, 0.3) is 0 Å². The Morgan fingerprint density at radius 2 is 1.74 bits per heavy atom. The average molecular weight is 305 g/mol. The molecular weight excluding hydrogens is 290 g/mol. The van der Waals surface area contributed by atoms with E-state index in [-0.39, 0.29) is 11.8 Å². The SMILES string of the molecule is Nc1nc(N)c2c(C(N)c3ccc4ccccc4c3)coc2n1. The van der Waals surface area contributed by atoms with E-state index in [0.29, 0.717) is 11.1 Å². The summed E-state index contributed by atoms with van der Waals surface area (Å²) < 4.78 is 5.45. The highest BCUT2D eigenvalue weighted by molar-refractivity contribution is 5.90. The van der Waals surface area contributed by atoms with Gasteiger partial charge in [0.05, 0.1) is 17.7 Å². The summed E-state index contributed by atoms with van der Waals surface area (Å²) in [5, 5.41) is 2.90. The van der Waals surface area contributed by atoms with Crippen LogP contribution < -0.4 is 17.2 Å². The topological polar surface area (TPSA) is 117 Å². The van der Waals surface area contributed by atoms with Crippen LogP contribution in [-0.2, 0) is 0 Å². The fraction of sp³-hybridized carbons (Fsp3) is 0.0588. The van der Waals surface area contributed by atoms with E-state index < -0.39 is 6.04 Å². The molecule has 0 amide bonds. The zero-order valence-electron chi connectivity index (χ0n) is 12.2.